The third kappa shape index (κ3) is 2.27. The highest BCUT2D eigenvalue weighted by Gasteiger charge is 2.43. The Morgan fingerprint density at radius 1 is 1.39 bits per heavy atom. The van der Waals surface area contributed by atoms with Crippen molar-refractivity contribution < 1.29 is 9.53 Å². The molecular weight excluding hydrogens is 230 g/mol. The zero-order valence-electron chi connectivity index (χ0n) is 11.1. The highest BCUT2D eigenvalue weighted by atomic mass is 16.5. The van der Waals surface area contributed by atoms with Crippen LogP contribution in [0.15, 0.2) is 0 Å². The number of amides is 1. The largest absolute Gasteiger partial charge is 0.363 e. The lowest BCUT2D eigenvalue weighted by Gasteiger charge is -2.31. The molecule has 0 aromatic heterocycles. The molecule has 3 heterocycles. The normalized spacial score (nSPS) is 40.6. The van der Waals surface area contributed by atoms with E-state index in [0.717, 1.165) is 32.6 Å². The van der Waals surface area contributed by atoms with E-state index in [9.17, 15) is 4.79 Å². The van der Waals surface area contributed by atoms with E-state index in [4.69, 9.17) is 4.74 Å². The Hall–Kier alpha value is -0.650. The van der Waals surface area contributed by atoms with E-state index >= 15 is 0 Å². The van der Waals surface area contributed by atoms with Gasteiger partial charge < -0.3 is 20.3 Å². The molecule has 3 atom stereocenters. The maximum Gasteiger partial charge on any atom is 0.253 e. The van der Waals surface area contributed by atoms with E-state index in [-0.39, 0.29) is 23.7 Å². The lowest BCUT2D eigenvalue weighted by atomic mass is 9.97. The molecule has 5 nitrogen and oxygen atoms in total. The SMILES string of the molecule is C[C@@H]1CNC[C@H](C(=O)N2CCC3(CCCN3)C2)O1. The predicted molar refractivity (Wildman–Crippen MR) is 68.4 cm³/mol. The molecule has 0 aromatic rings. The molecule has 0 saturated carbocycles. The molecule has 3 aliphatic rings. The Labute approximate surface area is 108 Å². The fraction of sp³-hybridized carbons (Fsp3) is 0.923. The molecule has 18 heavy (non-hydrogen) atoms. The van der Waals surface area contributed by atoms with Crippen LogP contribution >= 0.6 is 0 Å². The number of hydrogen-bond acceptors (Lipinski definition) is 4. The summed E-state index contributed by atoms with van der Waals surface area (Å²) in [5, 5.41) is 6.84. The van der Waals surface area contributed by atoms with Crippen molar-refractivity contribution in [3.8, 4) is 0 Å². The van der Waals surface area contributed by atoms with E-state index in [1.807, 2.05) is 11.8 Å². The molecule has 0 bridgehead atoms. The standard InChI is InChI=1S/C13H23N3O2/c1-10-7-14-8-11(18-10)12(17)16-6-4-13(9-16)3-2-5-15-13/h10-11,14-15H,2-9H2,1H3/t10-,11-,13?/m1/s1. The lowest BCUT2D eigenvalue weighted by Crippen LogP contribution is -2.52. The summed E-state index contributed by atoms with van der Waals surface area (Å²) < 4.78 is 5.74. The quantitative estimate of drug-likeness (QED) is 0.675. The third-order valence-electron chi connectivity index (χ3n) is 4.43. The molecule has 3 rings (SSSR count). The second-order valence-electron chi connectivity index (χ2n) is 5.91. The molecule has 3 saturated heterocycles. The molecule has 1 spiro atoms. The number of hydrogen-bond donors (Lipinski definition) is 2. The van der Waals surface area contributed by atoms with Gasteiger partial charge in [0.25, 0.3) is 5.91 Å². The Balaban J connectivity index is 1.60. The third-order valence-corrected chi connectivity index (χ3v) is 4.43. The van der Waals surface area contributed by atoms with Gasteiger partial charge in [0, 0.05) is 31.7 Å². The van der Waals surface area contributed by atoms with Crippen molar-refractivity contribution in [3.63, 3.8) is 0 Å². The van der Waals surface area contributed by atoms with Gasteiger partial charge in [-0.05, 0) is 32.7 Å². The number of likely N-dealkylation sites (tertiary alicyclic amines) is 1. The highest BCUT2D eigenvalue weighted by Crippen LogP contribution is 2.30. The van der Waals surface area contributed by atoms with Crippen LogP contribution in [0.4, 0.5) is 0 Å². The smallest absolute Gasteiger partial charge is 0.253 e. The van der Waals surface area contributed by atoms with Gasteiger partial charge >= 0.3 is 0 Å². The van der Waals surface area contributed by atoms with Crippen LogP contribution in [0, 0.1) is 0 Å². The summed E-state index contributed by atoms with van der Waals surface area (Å²) >= 11 is 0. The van der Waals surface area contributed by atoms with E-state index in [2.05, 4.69) is 10.6 Å². The van der Waals surface area contributed by atoms with Crippen molar-refractivity contribution in [3.05, 3.63) is 0 Å². The number of ether oxygens (including phenoxy) is 1. The van der Waals surface area contributed by atoms with Gasteiger partial charge in [-0.15, -0.1) is 0 Å². The molecule has 1 unspecified atom stereocenters. The molecular formula is C13H23N3O2. The number of nitrogens with zero attached hydrogens (tertiary/aromatic N) is 1. The second kappa shape index (κ2) is 4.79. The summed E-state index contributed by atoms with van der Waals surface area (Å²) in [5.41, 5.74) is 0.212. The summed E-state index contributed by atoms with van der Waals surface area (Å²) in [6, 6.07) is 0. The first-order valence-corrected chi connectivity index (χ1v) is 7.09. The number of nitrogens with one attached hydrogen (secondary N) is 2. The number of rotatable bonds is 1. The predicted octanol–water partition coefficient (Wildman–Crippen LogP) is -0.282. The molecule has 5 heteroatoms. The van der Waals surface area contributed by atoms with Gasteiger partial charge in [0.05, 0.1) is 6.10 Å². The van der Waals surface area contributed by atoms with Crippen molar-refractivity contribution >= 4 is 5.91 Å². The van der Waals surface area contributed by atoms with Crippen LogP contribution in [0.25, 0.3) is 0 Å². The van der Waals surface area contributed by atoms with Crippen LogP contribution in [-0.2, 0) is 9.53 Å². The monoisotopic (exact) mass is 253 g/mol. The summed E-state index contributed by atoms with van der Waals surface area (Å²) in [7, 11) is 0. The van der Waals surface area contributed by atoms with Crippen molar-refractivity contribution in [1.29, 1.82) is 0 Å². The van der Waals surface area contributed by atoms with Crippen LogP contribution in [-0.4, -0.2) is 61.3 Å². The van der Waals surface area contributed by atoms with Crippen LogP contribution in [0.2, 0.25) is 0 Å². The fourth-order valence-electron chi connectivity index (χ4n) is 3.42. The summed E-state index contributed by atoms with van der Waals surface area (Å²) in [6.07, 6.45) is 3.38. The van der Waals surface area contributed by atoms with Gasteiger partial charge in [-0.1, -0.05) is 0 Å². The summed E-state index contributed by atoms with van der Waals surface area (Å²) in [4.78, 5) is 14.4. The van der Waals surface area contributed by atoms with Gasteiger partial charge in [0.2, 0.25) is 0 Å². The molecule has 102 valence electrons. The first-order chi connectivity index (χ1) is 8.69. The Morgan fingerprint density at radius 3 is 3.00 bits per heavy atom. The van der Waals surface area contributed by atoms with Gasteiger partial charge in [-0.3, -0.25) is 4.79 Å². The molecule has 0 aliphatic carbocycles. The minimum absolute atomic E-state index is 0.133. The zero-order chi connectivity index (χ0) is 12.6. The first kappa shape index (κ1) is 12.4. The van der Waals surface area contributed by atoms with Crippen molar-refractivity contribution in [1.82, 2.24) is 15.5 Å². The Morgan fingerprint density at radius 2 is 2.28 bits per heavy atom. The van der Waals surface area contributed by atoms with E-state index < -0.39 is 0 Å². The van der Waals surface area contributed by atoms with Crippen LogP contribution in [0.5, 0.6) is 0 Å². The highest BCUT2D eigenvalue weighted by molar-refractivity contribution is 5.81. The van der Waals surface area contributed by atoms with E-state index in [0.29, 0.717) is 6.54 Å². The first-order valence-electron chi connectivity index (χ1n) is 7.09. The lowest BCUT2D eigenvalue weighted by molar-refractivity contribution is -0.148. The number of carbonyl (C=O) groups excluding carboxylic acids is 1. The summed E-state index contributed by atoms with van der Waals surface area (Å²) in [5.74, 6) is 0.166. The molecule has 0 aromatic carbocycles. The van der Waals surface area contributed by atoms with Crippen molar-refractivity contribution in [2.45, 2.75) is 43.9 Å². The average molecular weight is 253 g/mol. The molecule has 0 radical (unpaired) electrons. The van der Waals surface area contributed by atoms with E-state index in [1.165, 1.54) is 12.8 Å². The van der Waals surface area contributed by atoms with Crippen molar-refractivity contribution in [2.75, 3.05) is 32.7 Å². The number of morpholine rings is 1. The fourth-order valence-corrected chi connectivity index (χ4v) is 3.42. The molecule has 1 amide bonds. The van der Waals surface area contributed by atoms with Crippen LogP contribution in [0.1, 0.15) is 26.2 Å². The van der Waals surface area contributed by atoms with Gasteiger partial charge in [0.1, 0.15) is 6.10 Å². The Kier molecular flexibility index (Phi) is 3.30. The number of carbonyl (C=O) groups is 1. The van der Waals surface area contributed by atoms with Gasteiger partial charge in [0.15, 0.2) is 0 Å². The minimum Gasteiger partial charge on any atom is -0.363 e. The maximum absolute atomic E-state index is 12.4. The molecule has 3 aliphatic heterocycles. The molecule has 2 N–H and O–H groups in total. The van der Waals surface area contributed by atoms with Crippen LogP contribution in [0.3, 0.4) is 0 Å². The average Bonchev–Trinajstić information content (AvgIpc) is 3.00. The summed E-state index contributed by atoms with van der Waals surface area (Å²) in [6.45, 7) is 6.34. The maximum atomic E-state index is 12.4. The van der Waals surface area contributed by atoms with Crippen LogP contribution < -0.4 is 10.6 Å². The zero-order valence-corrected chi connectivity index (χ0v) is 11.1. The Bertz CT molecular complexity index is 328. The van der Waals surface area contributed by atoms with Crippen molar-refractivity contribution in [2.24, 2.45) is 0 Å². The van der Waals surface area contributed by atoms with Gasteiger partial charge in [-0.2, -0.15) is 0 Å². The topological polar surface area (TPSA) is 53.6 Å². The second-order valence-corrected chi connectivity index (χ2v) is 5.91. The minimum atomic E-state index is -0.287. The van der Waals surface area contributed by atoms with Gasteiger partial charge in [-0.25, -0.2) is 0 Å². The molecule has 3 fully saturated rings. The van der Waals surface area contributed by atoms with E-state index in [1.54, 1.807) is 0 Å².